The minimum absolute atomic E-state index is 0.0548. The molecule has 16 heteroatoms. The van der Waals surface area contributed by atoms with Gasteiger partial charge in [-0.2, -0.15) is 18.3 Å². The van der Waals surface area contributed by atoms with E-state index in [2.05, 4.69) is 15.7 Å². The highest BCUT2D eigenvalue weighted by molar-refractivity contribution is 6.07. The van der Waals surface area contributed by atoms with E-state index >= 15 is 0 Å². The lowest BCUT2D eigenvalue weighted by molar-refractivity contribution is -0.384. The van der Waals surface area contributed by atoms with Crippen molar-refractivity contribution in [3.05, 3.63) is 87.9 Å². The number of nitro benzene ring substituents is 1. The van der Waals surface area contributed by atoms with Crippen molar-refractivity contribution in [3.8, 4) is 28.7 Å². The Bertz CT molecular complexity index is 1720. The molecule has 1 aliphatic heterocycles. The van der Waals surface area contributed by atoms with Gasteiger partial charge in [0, 0.05) is 18.6 Å². The van der Waals surface area contributed by atoms with Crippen molar-refractivity contribution in [2.75, 3.05) is 32.0 Å². The zero-order valence-corrected chi connectivity index (χ0v) is 23.8. The summed E-state index contributed by atoms with van der Waals surface area (Å²) in [6, 6.07) is 8.22. The Morgan fingerprint density at radius 1 is 1.02 bits per heavy atom. The van der Waals surface area contributed by atoms with E-state index in [9.17, 15) is 32.5 Å². The molecule has 0 saturated carbocycles. The molecule has 2 heterocycles. The molecule has 236 valence electrons. The summed E-state index contributed by atoms with van der Waals surface area (Å²) in [5.74, 6) is -0.848. The molecule has 4 aromatic rings. The van der Waals surface area contributed by atoms with E-state index in [0.29, 0.717) is 10.2 Å². The average Bonchev–Trinajstić information content (AvgIpc) is 3.44. The van der Waals surface area contributed by atoms with Crippen LogP contribution in [0, 0.1) is 15.9 Å². The number of amides is 1. The maximum atomic E-state index is 14.3. The Labute approximate surface area is 252 Å². The average molecular weight is 632 g/mol. The molecule has 2 atom stereocenters. The van der Waals surface area contributed by atoms with Crippen molar-refractivity contribution < 1.29 is 46.2 Å². The van der Waals surface area contributed by atoms with Gasteiger partial charge in [-0.3, -0.25) is 14.9 Å². The van der Waals surface area contributed by atoms with Crippen molar-refractivity contribution in [2.45, 2.75) is 24.7 Å². The van der Waals surface area contributed by atoms with Gasteiger partial charge in [0.05, 0.1) is 50.2 Å². The first kappa shape index (κ1) is 30.9. The Hall–Kier alpha value is -5.54. The van der Waals surface area contributed by atoms with Crippen LogP contribution >= 0.6 is 0 Å². The maximum Gasteiger partial charge on any atom is 0.410 e. The molecule has 12 nitrogen and oxygen atoms in total. The Kier molecular flexibility index (Phi) is 8.39. The van der Waals surface area contributed by atoms with Crippen LogP contribution in [0.5, 0.6) is 28.7 Å². The number of anilines is 2. The van der Waals surface area contributed by atoms with Crippen LogP contribution in [0.4, 0.5) is 34.8 Å². The maximum absolute atomic E-state index is 14.3. The van der Waals surface area contributed by atoms with Gasteiger partial charge in [-0.05, 0) is 42.0 Å². The molecule has 0 saturated heterocycles. The molecule has 5 rings (SSSR count). The summed E-state index contributed by atoms with van der Waals surface area (Å²) in [6.07, 6.45) is -4.24. The first-order chi connectivity index (χ1) is 21.4. The van der Waals surface area contributed by atoms with Crippen LogP contribution in [-0.2, 0) is 0 Å². The third-order valence-corrected chi connectivity index (χ3v) is 6.98. The number of alkyl halides is 3. The number of nitro groups is 1. The van der Waals surface area contributed by atoms with Crippen LogP contribution in [0.2, 0.25) is 0 Å². The summed E-state index contributed by atoms with van der Waals surface area (Å²) in [7, 11) is 4.13. The zero-order valence-electron chi connectivity index (χ0n) is 23.8. The number of rotatable bonds is 9. The van der Waals surface area contributed by atoms with Crippen molar-refractivity contribution in [1.29, 1.82) is 0 Å². The van der Waals surface area contributed by atoms with Crippen LogP contribution in [-0.4, -0.2) is 48.1 Å². The number of hydrogen-bond donors (Lipinski definition) is 2. The Morgan fingerprint density at radius 2 is 1.69 bits per heavy atom. The van der Waals surface area contributed by atoms with Crippen molar-refractivity contribution >= 4 is 23.1 Å². The fourth-order valence-corrected chi connectivity index (χ4v) is 4.91. The summed E-state index contributed by atoms with van der Waals surface area (Å²) >= 11 is 0. The molecule has 1 amide bonds. The number of carbonyl (C=O) groups excluding carboxylic acids is 1. The molecule has 1 aliphatic rings. The van der Waals surface area contributed by atoms with Gasteiger partial charge in [-0.1, -0.05) is 0 Å². The van der Waals surface area contributed by atoms with Gasteiger partial charge in [0.25, 0.3) is 11.6 Å². The summed E-state index contributed by atoms with van der Waals surface area (Å²) in [5.41, 5.74) is -0.428. The number of fused-ring (bicyclic) bond motifs is 1. The van der Waals surface area contributed by atoms with Gasteiger partial charge in [-0.15, -0.1) is 0 Å². The molecule has 45 heavy (non-hydrogen) atoms. The number of ether oxygens (including phenoxy) is 4. The van der Waals surface area contributed by atoms with E-state index in [1.54, 1.807) is 0 Å². The molecule has 0 fully saturated rings. The van der Waals surface area contributed by atoms with Crippen LogP contribution in [0.15, 0.2) is 60.8 Å². The van der Waals surface area contributed by atoms with Crippen LogP contribution in [0.25, 0.3) is 0 Å². The Morgan fingerprint density at radius 3 is 2.27 bits per heavy atom. The zero-order chi connectivity index (χ0) is 32.5. The number of benzene rings is 3. The normalized spacial score (nSPS) is 15.8. The Balaban J connectivity index is 1.49. The van der Waals surface area contributed by atoms with Crippen molar-refractivity contribution in [3.63, 3.8) is 0 Å². The fraction of sp³-hybridized carbons (Fsp3) is 0.241. The van der Waals surface area contributed by atoms with Crippen molar-refractivity contribution in [2.24, 2.45) is 0 Å². The molecule has 0 radical (unpaired) electrons. The number of carbonyl (C=O) groups is 1. The number of hydrogen-bond acceptors (Lipinski definition) is 9. The van der Waals surface area contributed by atoms with E-state index in [1.807, 2.05) is 0 Å². The van der Waals surface area contributed by atoms with Gasteiger partial charge in [0.15, 0.2) is 17.5 Å². The van der Waals surface area contributed by atoms with Gasteiger partial charge in [0.2, 0.25) is 5.75 Å². The highest BCUT2D eigenvalue weighted by atomic mass is 19.4. The molecule has 2 N–H and O–H groups in total. The second-order valence-corrected chi connectivity index (χ2v) is 9.78. The number of methoxy groups -OCH3 is 3. The lowest BCUT2D eigenvalue weighted by Crippen LogP contribution is -2.36. The monoisotopic (exact) mass is 631 g/mol. The summed E-state index contributed by atoms with van der Waals surface area (Å²) in [5, 5.41) is 20.9. The molecule has 1 aromatic heterocycles. The standard InChI is InChI=1S/C29H25F4N5O7/c1-42-23-8-15(9-24(43-2)26(23)44-3)22-13-25(29(31,32)33)37-27(36-22)21(14-34-37)28(39)35-17-10-18(38(40)41)12-20(11-17)45-19-6-4-16(30)5-7-19/h4-12,14,22,25,36H,13H2,1-3H3,(H,35,39)/t22-,25-/m1/s1. The SMILES string of the molecule is COc1cc([C@H]2C[C@H](C(F)(F)F)n3ncc(C(=O)Nc4cc(Oc5ccc(F)cc5)cc([N+](=O)[O-])c4)c3N2)cc(OC)c1OC. The van der Waals surface area contributed by atoms with E-state index in [4.69, 9.17) is 18.9 Å². The largest absolute Gasteiger partial charge is 0.493 e. The van der Waals surface area contributed by atoms with Crippen LogP contribution in [0.3, 0.4) is 0 Å². The summed E-state index contributed by atoms with van der Waals surface area (Å²) < 4.78 is 78.4. The quantitative estimate of drug-likeness (QED) is 0.118. The van der Waals surface area contributed by atoms with E-state index in [0.717, 1.165) is 30.5 Å². The van der Waals surface area contributed by atoms with Gasteiger partial charge < -0.3 is 29.6 Å². The predicted octanol–water partition coefficient (Wildman–Crippen LogP) is 6.66. The van der Waals surface area contributed by atoms with Crippen molar-refractivity contribution in [1.82, 2.24) is 9.78 Å². The second-order valence-electron chi connectivity index (χ2n) is 9.78. The topological polar surface area (TPSA) is 139 Å². The molecule has 0 unspecified atom stereocenters. The number of aromatic nitrogens is 2. The minimum Gasteiger partial charge on any atom is -0.493 e. The highest BCUT2D eigenvalue weighted by Gasteiger charge is 2.47. The molecular weight excluding hydrogens is 606 g/mol. The summed E-state index contributed by atoms with van der Waals surface area (Å²) in [6.45, 7) is 0. The number of non-ortho nitro benzene ring substituents is 1. The van der Waals surface area contributed by atoms with Gasteiger partial charge >= 0.3 is 6.18 Å². The molecule has 3 aromatic carbocycles. The van der Waals surface area contributed by atoms with E-state index < -0.39 is 47.0 Å². The number of nitrogens with one attached hydrogen (secondary N) is 2. The fourth-order valence-electron chi connectivity index (χ4n) is 4.91. The lowest BCUT2D eigenvalue weighted by Gasteiger charge is -2.34. The predicted molar refractivity (Wildman–Crippen MR) is 152 cm³/mol. The van der Waals surface area contributed by atoms with Crippen LogP contribution < -0.4 is 29.6 Å². The molecule has 0 aliphatic carbocycles. The summed E-state index contributed by atoms with van der Waals surface area (Å²) in [4.78, 5) is 24.3. The first-order valence-electron chi connectivity index (χ1n) is 13.2. The smallest absolute Gasteiger partial charge is 0.410 e. The number of halogens is 4. The first-order valence-corrected chi connectivity index (χ1v) is 13.2. The van der Waals surface area contributed by atoms with E-state index in [-0.39, 0.29) is 45.8 Å². The van der Waals surface area contributed by atoms with E-state index in [1.165, 1.54) is 51.7 Å². The number of nitrogens with zero attached hydrogens (tertiary/aromatic N) is 3. The molecular formula is C29H25F4N5O7. The minimum atomic E-state index is -4.73. The van der Waals surface area contributed by atoms with Crippen LogP contribution in [0.1, 0.15) is 34.4 Å². The third-order valence-electron chi connectivity index (χ3n) is 6.98. The van der Waals surface area contributed by atoms with Gasteiger partial charge in [-0.25, -0.2) is 9.07 Å². The lowest BCUT2D eigenvalue weighted by atomic mass is 9.95. The highest BCUT2D eigenvalue weighted by Crippen LogP contribution is 2.47. The van der Waals surface area contributed by atoms with Gasteiger partial charge in [0.1, 0.15) is 28.7 Å². The second kappa shape index (κ2) is 12.2. The molecule has 0 spiro atoms. The third kappa shape index (κ3) is 6.39. The molecule has 0 bridgehead atoms.